The van der Waals surface area contributed by atoms with E-state index in [4.69, 9.17) is 9.26 Å². The van der Waals surface area contributed by atoms with Crippen molar-refractivity contribution in [2.75, 3.05) is 52.9 Å². The first-order chi connectivity index (χ1) is 13.3. The fraction of sp³-hybridized carbons (Fsp3) is 0.737. The minimum Gasteiger partial charge on any atom is -0.444 e. The van der Waals surface area contributed by atoms with Gasteiger partial charge in [0.1, 0.15) is 11.9 Å². The van der Waals surface area contributed by atoms with E-state index in [0.29, 0.717) is 19.6 Å². The third kappa shape index (κ3) is 7.03. The summed E-state index contributed by atoms with van der Waals surface area (Å²) < 4.78 is 10.3. The summed E-state index contributed by atoms with van der Waals surface area (Å²) in [6, 6.07) is 1.90. The predicted molar refractivity (Wildman–Crippen MR) is 108 cm³/mol. The number of carbonyl (C=O) groups is 1. The Balaban J connectivity index is 1.74. The fourth-order valence-electron chi connectivity index (χ4n) is 3.01. The van der Waals surface area contributed by atoms with E-state index in [-0.39, 0.29) is 6.09 Å². The average Bonchev–Trinajstić information content (AvgIpc) is 3.14. The van der Waals surface area contributed by atoms with Crippen LogP contribution in [0.3, 0.4) is 0 Å². The molecule has 0 saturated carbocycles. The third-order valence-electron chi connectivity index (χ3n) is 4.46. The first-order valence-electron chi connectivity index (χ1n) is 9.87. The van der Waals surface area contributed by atoms with Gasteiger partial charge in [-0.3, -0.25) is 9.89 Å². The number of guanidine groups is 1. The number of piperazine rings is 1. The number of aliphatic imine (C=N–C) groups is 1. The van der Waals surface area contributed by atoms with Crippen molar-refractivity contribution in [3.05, 3.63) is 18.0 Å². The van der Waals surface area contributed by atoms with Crippen LogP contribution in [0.4, 0.5) is 4.79 Å². The van der Waals surface area contributed by atoms with Crippen LogP contribution in [0.5, 0.6) is 0 Å². The highest BCUT2D eigenvalue weighted by Crippen LogP contribution is 2.10. The molecule has 0 unspecified atom stereocenters. The summed E-state index contributed by atoms with van der Waals surface area (Å²) >= 11 is 0. The van der Waals surface area contributed by atoms with Crippen molar-refractivity contribution in [2.45, 2.75) is 39.8 Å². The lowest BCUT2D eigenvalue weighted by atomic mass is 10.2. The normalized spacial score (nSPS) is 16.2. The highest BCUT2D eigenvalue weighted by molar-refractivity contribution is 5.80. The van der Waals surface area contributed by atoms with Crippen LogP contribution in [-0.4, -0.2) is 90.4 Å². The van der Waals surface area contributed by atoms with E-state index < -0.39 is 5.60 Å². The van der Waals surface area contributed by atoms with Gasteiger partial charge in [0.15, 0.2) is 5.96 Å². The maximum absolute atomic E-state index is 12.2. The van der Waals surface area contributed by atoms with E-state index in [0.717, 1.165) is 44.4 Å². The van der Waals surface area contributed by atoms with Gasteiger partial charge in [0.25, 0.3) is 0 Å². The van der Waals surface area contributed by atoms with E-state index >= 15 is 0 Å². The molecule has 28 heavy (non-hydrogen) atoms. The number of ether oxygens (including phenoxy) is 1. The second-order valence-corrected chi connectivity index (χ2v) is 7.79. The summed E-state index contributed by atoms with van der Waals surface area (Å²) in [5, 5.41) is 7.34. The molecule has 9 nitrogen and oxygen atoms in total. The summed E-state index contributed by atoms with van der Waals surface area (Å²) in [5.74, 6) is 0.862. The van der Waals surface area contributed by atoms with E-state index in [1.807, 2.05) is 33.8 Å². The Kier molecular flexibility index (Phi) is 8.10. The predicted octanol–water partition coefficient (Wildman–Crippen LogP) is 1.62. The first kappa shape index (κ1) is 22.0. The van der Waals surface area contributed by atoms with E-state index in [1.54, 1.807) is 18.2 Å². The lowest BCUT2D eigenvalue weighted by Gasteiger charge is -2.36. The van der Waals surface area contributed by atoms with Crippen molar-refractivity contribution in [3.63, 3.8) is 0 Å². The van der Waals surface area contributed by atoms with Gasteiger partial charge in [-0.05, 0) is 27.7 Å². The minimum absolute atomic E-state index is 0.284. The van der Waals surface area contributed by atoms with Gasteiger partial charge in [-0.15, -0.1) is 0 Å². The molecule has 0 radical (unpaired) electrons. The van der Waals surface area contributed by atoms with Crippen LogP contribution in [0.1, 0.15) is 33.4 Å². The molecule has 1 aliphatic rings. The fourth-order valence-corrected chi connectivity index (χ4v) is 3.01. The summed E-state index contributed by atoms with van der Waals surface area (Å²) in [6.45, 7) is 13.8. The number of hydrogen-bond acceptors (Lipinski definition) is 6. The molecule has 1 fully saturated rings. The van der Waals surface area contributed by atoms with Crippen molar-refractivity contribution >= 4 is 12.1 Å². The second kappa shape index (κ2) is 10.3. The monoisotopic (exact) mass is 394 g/mol. The van der Waals surface area contributed by atoms with Gasteiger partial charge in [0, 0.05) is 65.5 Å². The van der Waals surface area contributed by atoms with Crippen LogP contribution in [0.15, 0.2) is 21.8 Å². The molecule has 0 bridgehead atoms. The molecule has 1 amide bonds. The number of carbonyl (C=O) groups excluding carboxylic acids is 1. The van der Waals surface area contributed by atoms with Gasteiger partial charge in [-0.2, -0.15) is 0 Å². The smallest absolute Gasteiger partial charge is 0.410 e. The molecule has 1 saturated heterocycles. The van der Waals surface area contributed by atoms with Gasteiger partial charge in [-0.1, -0.05) is 5.16 Å². The Hall–Kier alpha value is -2.29. The van der Waals surface area contributed by atoms with Crippen molar-refractivity contribution in [1.82, 2.24) is 25.2 Å². The Bertz CT molecular complexity index is 618. The number of hydrogen-bond donors (Lipinski definition) is 1. The van der Waals surface area contributed by atoms with Gasteiger partial charge in [0.2, 0.25) is 0 Å². The van der Waals surface area contributed by atoms with Crippen LogP contribution >= 0.6 is 0 Å². The molecule has 1 aromatic rings. The van der Waals surface area contributed by atoms with Crippen LogP contribution < -0.4 is 5.32 Å². The lowest BCUT2D eigenvalue weighted by molar-refractivity contribution is 0.0263. The number of aromatic nitrogens is 1. The summed E-state index contributed by atoms with van der Waals surface area (Å²) in [6.07, 6.45) is 1.32. The molecule has 1 aromatic heterocycles. The Morgan fingerprint density at radius 1 is 1.36 bits per heavy atom. The molecule has 0 spiro atoms. The number of nitrogens with one attached hydrogen (secondary N) is 1. The largest absolute Gasteiger partial charge is 0.444 e. The topological polar surface area (TPSA) is 86.4 Å². The van der Waals surface area contributed by atoms with Crippen LogP contribution in [0, 0.1) is 0 Å². The van der Waals surface area contributed by atoms with Gasteiger partial charge < -0.3 is 24.4 Å². The molecular weight excluding hydrogens is 360 g/mol. The minimum atomic E-state index is -0.486. The molecule has 0 atom stereocenters. The Morgan fingerprint density at radius 2 is 2.07 bits per heavy atom. The highest BCUT2D eigenvalue weighted by atomic mass is 16.6. The zero-order valence-corrected chi connectivity index (χ0v) is 17.8. The van der Waals surface area contributed by atoms with Crippen molar-refractivity contribution in [2.24, 2.45) is 4.99 Å². The van der Waals surface area contributed by atoms with E-state index in [9.17, 15) is 4.79 Å². The first-order valence-corrected chi connectivity index (χ1v) is 9.87. The third-order valence-corrected chi connectivity index (χ3v) is 4.46. The SMILES string of the molecule is CCN(CCNC(=NC)N1CCN(Cc2ccon2)CC1)C(=O)OC(C)(C)C. The molecule has 2 rings (SSSR count). The van der Waals surface area contributed by atoms with Gasteiger partial charge >= 0.3 is 6.09 Å². The summed E-state index contributed by atoms with van der Waals surface area (Å²) in [4.78, 5) is 22.9. The van der Waals surface area contributed by atoms with E-state index in [2.05, 4.69) is 25.3 Å². The summed E-state index contributed by atoms with van der Waals surface area (Å²) in [5.41, 5.74) is 0.470. The quantitative estimate of drug-likeness (QED) is 0.580. The number of rotatable bonds is 6. The second-order valence-electron chi connectivity index (χ2n) is 7.79. The average molecular weight is 395 g/mol. The number of amides is 1. The standard InChI is InChI=1S/C19H34N6O3/c1-6-24(18(26)28-19(2,3)4)9-8-21-17(20-5)25-12-10-23(11-13-25)15-16-7-14-27-22-16/h7,14H,6,8-13,15H2,1-5H3,(H,20,21). The molecule has 158 valence electrons. The number of nitrogens with zero attached hydrogens (tertiary/aromatic N) is 5. The zero-order valence-electron chi connectivity index (χ0n) is 17.8. The maximum Gasteiger partial charge on any atom is 0.410 e. The maximum atomic E-state index is 12.2. The lowest BCUT2D eigenvalue weighted by Crippen LogP contribution is -2.53. The Morgan fingerprint density at radius 3 is 2.61 bits per heavy atom. The van der Waals surface area contributed by atoms with Gasteiger partial charge in [0.05, 0.1) is 5.69 Å². The zero-order chi connectivity index (χ0) is 20.6. The van der Waals surface area contributed by atoms with E-state index in [1.165, 1.54) is 0 Å². The molecule has 2 heterocycles. The van der Waals surface area contributed by atoms with Crippen LogP contribution in [-0.2, 0) is 11.3 Å². The van der Waals surface area contributed by atoms with Crippen molar-refractivity contribution < 1.29 is 14.1 Å². The molecular formula is C19H34N6O3. The molecule has 9 heteroatoms. The molecule has 0 aromatic carbocycles. The molecule has 1 aliphatic heterocycles. The Labute approximate surface area is 167 Å². The summed E-state index contributed by atoms with van der Waals surface area (Å²) in [7, 11) is 1.79. The van der Waals surface area contributed by atoms with Crippen LogP contribution in [0.25, 0.3) is 0 Å². The molecule has 0 aliphatic carbocycles. The van der Waals surface area contributed by atoms with Crippen molar-refractivity contribution in [1.29, 1.82) is 0 Å². The van der Waals surface area contributed by atoms with Crippen molar-refractivity contribution in [3.8, 4) is 0 Å². The number of likely N-dealkylation sites (N-methyl/N-ethyl adjacent to an activating group) is 1. The highest BCUT2D eigenvalue weighted by Gasteiger charge is 2.22. The van der Waals surface area contributed by atoms with Gasteiger partial charge in [-0.25, -0.2) is 4.79 Å². The van der Waals surface area contributed by atoms with Crippen LogP contribution in [0.2, 0.25) is 0 Å². The molecule has 1 N–H and O–H groups in total.